The van der Waals surface area contributed by atoms with Crippen molar-refractivity contribution in [3.63, 3.8) is 0 Å². The Balaban J connectivity index is 1.41. The van der Waals surface area contributed by atoms with Crippen molar-refractivity contribution in [1.82, 2.24) is 15.2 Å². The fourth-order valence-corrected chi connectivity index (χ4v) is 5.10. The number of para-hydroxylation sites is 1. The molecular weight excluding hydrogens is 368 g/mol. The molecule has 2 heterocycles. The SMILES string of the molecule is Cc1ccc(Nc2nnc(SCc3nc4ccccc4s3)s2)cc1C. The second-order valence-corrected chi connectivity index (χ2v) is 8.98. The van der Waals surface area contributed by atoms with E-state index in [1.165, 1.54) is 15.8 Å². The zero-order valence-electron chi connectivity index (χ0n) is 13.8. The molecule has 7 heteroatoms. The predicted octanol–water partition coefficient (Wildman–Crippen LogP) is 5.80. The Morgan fingerprint density at radius 1 is 1.00 bits per heavy atom. The van der Waals surface area contributed by atoms with Crippen LogP contribution in [-0.4, -0.2) is 15.2 Å². The zero-order valence-corrected chi connectivity index (χ0v) is 16.3. The Labute approximate surface area is 158 Å². The molecule has 0 atom stereocenters. The molecule has 0 aliphatic heterocycles. The summed E-state index contributed by atoms with van der Waals surface area (Å²) in [4.78, 5) is 4.66. The normalized spacial score (nSPS) is 11.1. The van der Waals surface area contributed by atoms with Gasteiger partial charge in [0, 0.05) is 5.69 Å². The lowest BCUT2D eigenvalue weighted by Crippen LogP contribution is -1.91. The third kappa shape index (κ3) is 3.84. The zero-order chi connectivity index (χ0) is 17.2. The van der Waals surface area contributed by atoms with Crippen LogP contribution in [0.15, 0.2) is 46.8 Å². The van der Waals surface area contributed by atoms with Crippen LogP contribution in [0.25, 0.3) is 10.2 Å². The van der Waals surface area contributed by atoms with Crippen molar-refractivity contribution in [3.8, 4) is 0 Å². The summed E-state index contributed by atoms with van der Waals surface area (Å²) in [6.07, 6.45) is 0. The number of rotatable bonds is 5. The number of thiazole rings is 1. The lowest BCUT2D eigenvalue weighted by molar-refractivity contribution is 1.01. The summed E-state index contributed by atoms with van der Waals surface area (Å²) in [5, 5.41) is 13.8. The first kappa shape index (κ1) is 16.5. The van der Waals surface area contributed by atoms with E-state index in [0.29, 0.717) is 0 Å². The minimum absolute atomic E-state index is 0.815. The lowest BCUT2D eigenvalue weighted by Gasteiger charge is -2.05. The Bertz CT molecular complexity index is 989. The van der Waals surface area contributed by atoms with Gasteiger partial charge in [-0.25, -0.2) is 4.98 Å². The fourth-order valence-electron chi connectivity index (χ4n) is 2.37. The van der Waals surface area contributed by atoms with Gasteiger partial charge >= 0.3 is 0 Å². The van der Waals surface area contributed by atoms with Crippen molar-refractivity contribution in [1.29, 1.82) is 0 Å². The molecule has 0 fully saturated rings. The molecule has 126 valence electrons. The summed E-state index contributed by atoms with van der Waals surface area (Å²) in [6, 6.07) is 14.5. The highest BCUT2D eigenvalue weighted by atomic mass is 32.2. The first-order valence-corrected chi connectivity index (χ1v) is 10.4. The smallest absolute Gasteiger partial charge is 0.210 e. The Morgan fingerprint density at radius 2 is 1.88 bits per heavy atom. The quantitative estimate of drug-likeness (QED) is 0.441. The minimum Gasteiger partial charge on any atom is -0.330 e. The lowest BCUT2D eigenvalue weighted by atomic mass is 10.1. The van der Waals surface area contributed by atoms with Crippen LogP contribution in [0.3, 0.4) is 0 Å². The summed E-state index contributed by atoms with van der Waals surface area (Å²) >= 11 is 4.99. The molecule has 0 amide bonds. The molecule has 0 unspecified atom stereocenters. The van der Waals surface area contributed by atoms with E-state index in [2.05, 4.69) is 64.7 Å². The second kappa shape index (κ2) is 7.11. The van der Waals surface area contributed by atoms with Crippen molar-refractivity contribution < 1.29 is 0 Å². The molecule has 0 aliphatic rings. The number of thioether (sulfide) groups is 1. The molecule has 25 heavy (non-hydrogen) atoms. The van der Waals surface area contributed by atoms with Gasteiger partial charge in [0.15, 0.2) is 4.34 Å². The standard InChI is InChI=1S/C18H16N4S3/c1-11-7-8-13(9-12(11)2)19-17-21-22-18(25-17)23-10-16-20-14-5-3-4-6-15(14)24-16/h3-9H,10H2,1-2H3,(H,19,21). The van der Waals surface area contributed by atoms with Gasteiger partial charge in [-0.1, -0.05) is 41.3 Å². The van der Waals surface area contributed by atoms with Gasteiger partial charge in [0.2, 0.25) is 5.13 Å². The van der Waals surface area contributed by atoms with Crippen molar-refractivity contribution in [2.75, 3.05) is 5.32 Å². The van der Waals surface area contributed by atoms with E-state index in [9.17, 15) is 0 Å². The molecule has 4 rings (SSSR count). The van der Waals surface area contributed by atoms with Crippen molar-refractivity contribution >= 4 is 55.5 Å². The van der Waals surface area contributed by atoms with Crippen LogP contribution in [0.5, 0.6) is 0 Å². The van der Waals surface area contributed by atoms with Gasteiger partial charge in [-0.05, 0) is 49.2 Å². The number of aryl methyl sites for hydroxylation is 2. The summed E-state index contributed by atoms with van der Waals surface area (Å²) in [6.45, 7) is 4.22. The predicted molar refractivity (Wildman–Crippen MR) is 108 cm³/mol. The molecule has 0 radical (unpaired) electrons. The molecule has 4 aromatic rings. The van der Waals surface area contributed by atoms with E-state index in [4.69, 9.17) is 0 Å². The van der Waals surface area contributed by atoms with E-state index >= 15 is 0 Å². The molecular formula is C18H16N4S3. The maximum absolute atomic E-state index is 4.66. The van der Waals surface area contributed by atoms with Crippen LogP contribution in [0.4, 0.5) is 10.8 Å². The van der Waals surface area contributed by atoms with E-state index in [-0.39, 0.29) is 0 Å². The number of anilines is 2. The van der Waals surface area contributed by atoms with Crippen LogP contribution in [0.1, 0.15) is 16.1 Å². The molecule has 0 saturated heterocycles. The van der Waals surface area contributed by atoms with Crippen LogP contribution in [0.2, 0.25) is 0 Å². The number of aromatic nitrogens is 3. The third-order valence-electron chi connectivity index (χ3n) is 3.82. The van der Waals surface area contributed by atoms with E-state index in [1.807, 2.05) is 12.1 Å². The average Bonchev–Trinajstić information content (AvgIpc) is 3.22. The third-order valence-corrected chi connectivity index (χ3v) is 7.02. The van der Waals surface area contributed by atoms with Crippen LogP contribution < -0.4 is 5.32 Å². The van der Waals surface area contributed by atoms with Gasteiger partial charge in [0.05, 0.1) is 16.0 Å². The maximum atomic E-state index is 4.66. The number of hydrogen-bond acceptors (Lipinski definition) is 7. The van der Waals surface area contributed by atoms with Gasteiger partial charge in [-0.15, -0.1) is 21.5 Å². The van der Waals surface area contributed by atoms with Crippen molar-refractivity contribution in [2.45, 2.75) is 23.9 Å². The van der Waals surface area contributed by atoms with Gasteiger partial charge in [-0.3, -0.25) is 0 Å². The number of fused-ring (bicyclic) bond motifs is 1. The fraction of sp³-hybridized carbons (Fsp3) is 0.167. The molecule has 1 N–H and O–H groups in total. The largest absolute Gasteiger partial charge is 0.330 e. The Kier molecular flexibility index (Phi) is 4.70. The summed E-state index contributed by atoms with van der Waals surface area (Å²) in [5.41, 5.74) is 4.66. The topological polar surface area (TPSA) is 50.7 Å². The number of benzene rings is 2. The average molecular weight is 385 g/mol. The number of hydrogen-bond donors (Lipinski definition) is 1. The van der Waals surface area contributed by atoms with E-state index in [1.54, 1.807) is 34.4 Å². The highest BCUT2D eigenvalue weighted by Crippen LogP contribution is 2.32. The summed E-state index contributed by atoms with van der Waals surface area (Å²) < 4.78 is 2.18. The van der Waals surface area contributed by atoms with Crippen LogP contribution >= 0.6 is 34.4 Å². The van der Waals surface area contributed by atoms with E-state index in [0.717, 1.165) is 31.4 Å². The van der Waals surface area contributed by atoms with Crippen molar-refractivity contribution in [3.05, 3.63) is 58.6 Å². The Hall–Kier alpha value is -1.96. The van der Waals surface area contributed by atoms with Gasteiger partial charge in [-0.2, -0.15) is 0 Å². The Morgan fingerprint density at radius 3 is 2.72 bits per heavy atom. The van der Waals surface area contributed by atoms with Gasteiger partial charge < -0.3 is 5.32 Å². The van der Waals surface area contributed by atoms with Gasteiger partial charge in [0.25, 0.3) is 0 Å². The van der Waals surface area contributed by atoms with Crippen LogP contribution in [0, 0.1) is 13.8 Å². The maximum Gasteiger partial charge on any atom is 0.210 e. The van der Waals surface area contributed by atoms with Gasteiger partial charge in [0.1, 0.15) is 5.01 Å². The molecule has 0 saturated carbocycles. The molecule has 2 aromatic heterocycles. The number of nitrogens with zero attached hydrogens (tertiary/aromatic N) is 3. The first-order valence-electron chi connectivity index (χ1n) is 7.82. The number of nitrogens with one attached hydrogen (secondary N) is 1. The monoisotopic (exact) mass is 384 g/mol. The van der Waals surface area contributed by atoms with Crippen LogP contribution in [-0.2, 0) is 5.75 Å². The minimum atomic E-state index is 0.815. The molecule has 0 aliphatic carbocycles. The summed E-state index contributed by atoms with van der Waals surface area (Å²) in [5.74, 6) is 0.817. The highest BCUT2D eigenvalue weighted by molar-refractivity contribution is 8.00. The molecule has 0 bridgehead atoms. The first-order chi connectivity index (χ1) is 12.2. The second-order valence-electron chi connectivity index (χ2n) is 5.66. The summed E-state index contributed by atoms with van der Waals surface area (Å²) in [7, 11) is 0. The molecule has 4 nitrogen and oxygen atoms in total. The molecule has 2 aromatic carbocycles. The highest BCUT2D eigenvalue weighted by Gasteiger charge is 2.08. The van der Waals surface area contributed by atoms with Crippen molar-refractivity contribution in [2.24, 2.45) is 0 Å². The van der Waals surface area contributed by atoms with E-state index < -0.39 is 0 Å². The molecule has 0 spiro atoms.